The molecule has 2 N–H and O–H groups in total. The van der Waals surface area contributed by atoms with E-state index in [-0.39, 0.29) is 17.1 Å². The SMILES string of the molecule is CCCCN1C(=O)C(=O)/C(=C(\O)c2ccc3c(c2)CCCC3)C1c1ccc(O)cc1. The number of aliphatic hydroxyl groups excluding tert-OH is 1. The maximum absolute atomic E-state index is 13.0. The first-order valence-electron chi connectivity index (χ1n) is 10.7. The number of amides is 1. The largest absolute Gasteiger partial charge is 0.508 e. The van der Waals surface area contributed by atoms with Crippen molar-refractivity contribution in [2.75, 3.05) is 6.54 Å². The zero-order valence-corrected chi connectivity index (χ0v) is 17.2. The molecule has 2 aliphatic rings. The summed E-state index contributed by atoms with van der Waals surface area (Å²) in [6.07, 6.45) is 5.93. The minimum Gasteiger partial charge on any atom is -0.508 e. The highest BCUT2D eigenvalue weighted by molar-refractivity contribution is 6.46. The van der Waals surface area contributed by atoms with E-state index in [1.165, 1.54) is 29.7 Å². The summed E-state index contributed by atoms with van der Waals surface area (Å²) in [5.41, 5.74) is 3.89. The number of rotatable bonds is 5. The zero-order chi connectivity index (χ0) is 21.3. The molecule has 0 bridgehead atoms. The van der Waals surface area contributed by atoms with E-state index in [2.05, 4.69) is 0 Å². The Hall–Kier alpha value is -3.08. The van der Waals surface area contributed by atoms with Crippen molar-refractivity contribution < 1.29 is 19.8 Å². The topological polar surface area (TPSA) is 77.8 Å². The molecule has 0 aromatic heterocycles. The number of fused-ring (bicyclic) bond motifs is 1. The van der Waals surface area contributed by atoms with Gasteiger partial charge in [-0.1, -0.05) is 37.6 Å². The second-order valence-electron chi connectivity index (χ2n) is 8.13. The van der Waals surface area contributed by atoms with Gasteiger partial charge in [0.2, 0.25) is 0 Å². The molecule has 2 aromatic rings. The number of aromatic hydroxyl groups is 1. The fraction of sp³-hybridized carbons (Fsp3) is 0.360. The van der Waals surface area contributed by atoms with Gasteiger partial charge in [-0.05, 0) is 67.0 Å². The van der Waals surface area contributed by atoms with E-state index in [1.54, 1.807) is 17.0 Å². The summed E-state index contributed by atoms with van der Waals surface area (Å²) in [5, 5.41) is 20.8. The Bertz CT molecular complexity index is 1010. The number of likely N-dealkylation sites (tertiary alicyclic amines) is 1. The maximum Gasteiger partial charge on any atom is 0.295 e. The quantitative estimate of drug-likeness (QED) is 0.436. The highest BCUT2D eigenvalue weighted by atomic mass is 16.3. The van der Waals surface area contributed by atoms with Crippen LogP contribution in [0.5, 0.6) is 5.75 Å². The van der Waals surface area contributed by atoms with Crippen LogP contribution in [0.15, 0.2) is 48.0 Å². The Morgan fingerprint density at radius 2 is 1.73 bits per heavy atom. The van der Waals surface area contributed by atoms with Crippen LogP contribution in [0.3, 0.4) is 0 Å². The molecule has 4 rings (SSSR count). The molecule has 0 radical (unpaired) electrons. The predicted octanol–water partition coefficient (Wildman–Crippen LogP) is 4.49. The summed E-state index contributed by atoms with van der Waals surface area (Å²) in [4.78, 5) is 27.3. The second kappa shape index (κ2) is 8.34. The lowest BCUT2D eigenvalue weighted by atomic mass is 9.88. The number of nitrogens with zero attached hydrogens (tertiary/aromatic N) is 1. The van der Waals surface area contributed by atoms with E-state index in [9.17, 15) is 19.8 Å². The van der Waals surface area contributed by atoms with Gasteiger partial charge in [0, 0.05) is 12.1 Å². The van der Waals surface area contributed by atoms with Gasteiger partial charge in [-0.15, -0.1) is 0 Å². The number of phenolic OH excluding ortho intramolecular Hbond substituents is 1. The number of unbranched alkanes of at least 4 members (excludes halogenated alkanes) is 1. The van der Waals surface area contributed by atoms with Crippen LogP contribution < -0.4 is 0 Å². The third kappa shape index (κ3) is 3.60. The number of ketones is 1. The van der Waals surface area contributed by atoms with Crippen LogP contribution in [0, 0.1) is 0 Å². The Morgan fingerprint density at radius 1 is 1.03 bits per heavy atom. The first-order chi connectivity index (χ1) is 14.5. The van der Waals surface area contributed by atoms with Gasteiger partial charge in [-0.3, -0.25) is 9.59 Å². The van der Waals surface area contributed by atoms with Crippen molar-refractivity contribution in [2.24, 2.45) is 0 Å². The van der Waals surface area contributed by atoms with E-state index in [4.69, 9.17) is 0 Å². The highest BCUT2D eigenvalue weighted by Crippen LogP contribution is 2.40. The van der Waals surface area contributed by atoms with Gasteiger partial charge >= 0.3 is 0 Å². The zero-order valence-electron chi connectivity index (χ0n) is 17.2. The van der Waals surface area contributed by atoms with E-state index in [1.807, 2.05) is 25.1 Å². The van der Waals surface area contributed by atoms with Crippen molar-refractivity contribution in [3.63, 3.8) is 0 Å². The first kappa shape index (κ1) is 20.2. The molecular formula is C25H27NO4. The average molecular weight is 405 g/mol. The molecule has 1 saturated heterocycles. The number of carbonyl (C=O) groups is 2. The summed E-state index contributed by atoms with van der Waals surface area (Å²) < 4.78 is 0. The molecule has 0 spiro atoms. The van der Waals surface area contributed by atoms with Crippen LogP contribution in [0.25, 0.3) is 5.76 Å². The number of benzene rings is 2. The molecule has 1 atom stereocenters. The van der Waals surface area contributed by atoms with Crippen LogP contribution in [-0.4, -0.2) is 33.3 Å². The van der Waals surface area contributed by atoms with Crippen molar-refractivity contribution >= 4 is 17.4 Å². The van der Waals surface area contributed by atoms with Crippen molar-refractivity contribution in [1.29, 1.82) is 0 Å². The van der Waals surface area contributed by atoms with Crippen LogP contribution in [-0.2, 0) is 22.4 Å². The van der Waals surface area contributed by atoms with Crippen LogP contribution in [0.1, 0.15) is 60.9 Å². The standard InChI is InChI=1S/C25H27NO4/c1-2-3-14-26-22(17-10-12-20(27)13-11-17)21(24(29)25(26)30)23(28)19-9-8-16-6-4-5-7-18(16)15-19/h8-13,15,22,27-28H,2-7,14H2,1H3/b23-21-. The van der Waals surface area contributed by atoms with Crippen LogP contribution >= 0.6 is 0 Å². The average Bonchev–Trinajstić information content (AvgIpc) is 3.02. The first-order valence-corrected chi connectivity index (χ1v) is 10.7. The fourth-order valence-corrected chi connectivity index (χ4v) is 4.48. The van der Waals surface area contributed by atoms with Crippen molar-refractivity contribution in [2.45, 2.75) is 51.5 Å². The lowest BCUT2D eigenvalue weighted by Gasteiger charge is -2.25. The van der Waals surface area contributed by atoms with Gasteiger partial charge in [0.15, 0.2) is 0 Å². The molecule has 5 nitrogen and oxygen atoms in total. The molecule has 1 amide bonds. The molecule has 1 fully saturated rings. The molecule has 1 aliphatic carbocycles. The molecule has 1 aliphatic heterocycles. The highest BCUT2D eigenvalue weighted by Gasteiger charge is 2.45. The van der Waals surface area contributed by atoms with Crippen molar-refractivity contribution in [3.8, 4) is 5.75 Å². The van der Waals surface area contributed by atoms with E-state index >= 15 is 0 Å². The summed E-state index contributed by atoms with van der Waals surface area (Å²) in [7, 11) is 0. The van der Waals surface area contributed by atoms with Crippen molar-refractivity contribution in [1.82, 2.24) is 4.90 Å². The monoisotopic (exact) mass is 405 g/mol. The Morgan fingerprint density at radius 3 is 2.43 bits per heavy atom. The Balaban J connectivity index is 1.82. The normalized spacial score (nSPS) is 20.4. The predicted molar refractivity (Wildman–Crippen MR) is 115 cm³/mol. The number of aliphatic hydroxyl groups is 1. The van der Waals surface area contributed by atoms with Gasteiger partial charge in [-0.25, -0.2) is 0 Å². The number of carbonyl (C=O) groups excluding carboxylic acids is 2. The summed E-state index contributed by atoms with van der Waals surface area (Å²) >= 11 is 0. The Labute approximate surface area is 176 Å². The van der Waals surface area contributed by atoms with Gasteiger partial charge in [0.1, 0.15) is 11.5 Å². The molecule has 0 saturated carbocycles. The van der Waals surface area contributed by atoms with Gasteiger partial charge in [-0.2, -0.15) is 0 Å². The molecule has 1 unspecified atom stereocenters. The minimum atomic E-state index is -0.659. The molecular weight excluding hydrogens is 378 g/mol. The van der Waals surface area contributed by atoms with Crippen LogP contribution in [0.2, 0.25) is 0 Å². The fourth-order valence-electron chi connectivity index (χ4n) is 4.48. The number of hydrogen-bond acceptors (Lipinski definition) is 4. The lowest BCUT2D eigenvalue weighted by Crippen LogP contribution is -2.30. The van der Waals surface area contributed by atoms with Crippen LogP contribution in [0.4, 0.5) is 0 Å². The molecule has 5 heteroatoms. The van der Waals surface area contributed by atoms with E-state index < -0.39 is 17.7 Å². The number of Topliss-reactive ketones (excluding diaryl/α,β-unsaturated/α-hetero) is 1. The second-order valence-corrected chi connectivity index (χ2v) is 8.13. The summed E-state index contributed by atoms with van der Waals surface area (Å²) in [6, 6.07) is 11.6. The van der Waals surface area contributed by atoms with Gasteiger partial charge in [0.05, 0.1) is 11.6 Å². The third-order valence-corrected chi connectivity index (χ3v) is 6.12. The molecule has 2 aromatic carbocycles. The smallest absolute Gasteiger partial charge is 0.295 e. The summed E-state index contributed by atoms with van der Waals surface area (Å²) in [6.45, 7) is 2.47. The molecule has 156 valence electrons. The Kier molecular flexibility index (Phi) is 5.62. The van der Waals surface area contributed by atoms with Crippen molar-refractivity contribution in [3.05, 3.63) is 70.3 Å². The van der Waals surface area contributed by atoms with E-state index in [0.29, 0.717) is 17.7 Å². The van der Waals surface area contributed by atoms with Gasteiger partial charge < -0.3 is 15.1 Å². The number of phenols is 1. The molecule has 30 heavy (non-hydrogen) atoms. The summed E-state index contributed by atoms with van der Waals surface area (Å²) in [5.74, 6) is -1.25. The van der Waals surface area contributed by atoms with E-state index in [0.717, 1.165) is 32.1 Å². The van der Waals surface area contributed by atoms with Gasteiger partial charge in [0.25, 0.3) is 11.7 Å². The maximum atomic E-state index is 13.0. The lowest BCUT2D eigenvalue weighted by molar-refractivity contribution is -0.139. The molecule has 1 heterocycles. The minimum absolute atomic E-state index is 0.110. The number of aryl methyl sites for hydroxylation is 2. The number of hydrogen-bond donors (Lipinski definition) is 2. The third-order valence-electron chi connectivity index (χ3n) is 6.12.